The zero-order valence-corrected chi connectivity index (χ0v) is 6.09. The minimum atomic E-state index is -4.86. The van der Waals surface area contributed by atoms with E-state index in [2.05, 4.69) is 9.37 Å². The first-order chi connectivity index (χ1) is 5.37. The van der Waals surface area contributed by atoms with Crippen LogP contribution < -0.4 is 0 Å². The number of halogens is 5. The zero-order valence-electron chi connectivity index (χ0n) is 5.27. The van der Waals surface area contributed by atoms with E-state index < -0.39 is 29.9 Å². The Bertz CT molecular complexity index is 142. The van der Waals surface area contributed by atoms with Crippen molar-refractivity contribution in [3.63, 3.8) is 0 Å². The average molecular weight is 214 g/mol. The molecule has 12 heavy (non-hydrogen) atoms. The average Bonchev–Trinajstić information content (AvgIpc) is 2.00. The molecule has 3 nitrogen and oxygen atoms in total. The lowest BCUT2D eigenvalue weighted by Gasteiger charge is -2.20. The van der Waals surface area contributed by atoms with Gasteiger partial charge in [-0.15, -0.1) is 4.33 Å². The van der Waals surface area contributed by atoms with Gasteiger partial charge in [0, 0.05) is 0 Å². The van der Waals surface area contributed by atoms with Crippen LogP contribution in [0.2, 0.25) is 0 Å². The van der Waals surface area contributed by atoms with Crippen LogP contribution in [-0.2, 0) is 9.37 Å². The van der Waals surface area contributed by atoms with Gasteiger partial charge in [0.25, 0.3) is 0 Å². The summed E-state index contributed by atoms with van der Waals surface area (Å²) in [6.45, 7) is -2.54. The molecule has 0 rings (SSSR count). The van der Waals surface area contributed by atoms with Crippen molar-refractivity contribution in [1.82, 2.24) is 0 Å². The lowest BCUT2D eigenvalue weighted by atomic mass is 10.4. The third kappa shape index (κ3) is 2.73. The molecule has 0 aromatic rings. The largest absolute Gasteiger partial charge is 0.385 e. The van der Waals surface area contributed by atoms with Gasteiger partial charge in [-0.1, -0.05) is 5.04 Å². The van der Waals surface area contributed by atoms with E-state index in [0.717, 1.165) is 0 Å². The zero-order chi connectivity index (χ0) is 9.83. The molecule has 0 bridgehead atoms. The molecule has 0 atom stereocenters. The van der Waals surface area contributed by atoms with Gasteiger partial charge in [0.1, 0.15) is 12.0 Å². The van der Waals surface area contributed by atoms with Crippen molar-refractivity contribution in [3.8, 4) is 0 Å². The van der Waals surface area contributed by atoms with Crippen molar-refractivity contribution < 1.29 is 36.6 Å². The van der Waals surface area contributed by atoms with E-state index in [1.807, 2.05) is 0 Å². The third-order valence-electron chi connectivity index (χ3n) is 0.763. The summed E-state index contributed by atoms with van der Waals surface area (Å²) in [5.41, 5.74) is 0. The summed E-state index contributed by atoms with van der Waals surface area (Å²) in [7, 11) is 0. The Labute approximate surface area is 67.5 Å². The molecule has 1 N–H and O–H groups in total. The Kier molecular flexibility index (Phi) is 4.17. The summed E-state index contributed by atoms with van der Waals surface area (Å²) in [6, 6.07) is 0. The molecule has 0 aliphatic heterocycles. The fraction of sp³-hybridized carbons (Fsp3) is 1.00. The second-order valence-corrected chi connectivity index (χ2v) is 2.40. The first kappa shape index (κ1) is 11.9. The normalized spacial score (nSPS) is 13.5. The van der Waals surface area contributed by atoms with Gasteiger partial charge in [-0.2, -0.15) is 17.6 Å². The van der Waals surface area contributed by atoms with Crippen LogP contribution in [-0.4, -0.2) is 23.1 Å². The van der Waals surface area contributed by atoms with E-state index >= 15 is 0 Å². The molecule has 9 heteroatoms. The molecule has 0 aliphatic rings. The standard InChI is InChI=1S/C3H3F5O3S/c4-1-2(5,6)3(7,8)12-11-10-9/h9H,1H2. The van der Waals surface area contributed by atoms with Gasteiger partial charge in [0.05, 0.1) is 0 Å². The Morgan fingerprint density at radius 2 is 1.75 bits per heavy atom. The summed E-state index contributed by atoms with van der Waals surface area (Å²) in [5.74, 6) is -4.86. The Morgan fingerprint density at radius 1 is 1.25 bits per heavy atom. The van der Waals surface area contributed by atoms with Crippen molar-refractivity contribution >= 4 is 12.0 Å². The Morgan fingerprint density at radius 3 is 2.08 bits per heavy atom. The first-order valence-corrected chi connectivity index (χ1v) is 3.09. The molecule has 0 aliphatic carbocycles. The molecule has 0 spiro atoms. The van der Waals surface area contributed by atoms with Crippen LogP contribution in [0.1, 0.15) is 0 Å². The molecule has 0 amide bonds. The smallest absolute Gasteiger partial charge is 0.244 e. The SMILES string of the molecule is OOOSC(F)(F)C(F)(F)CF. The summed E-state index contributed by atoms with van der Waals surface area (Å²) in [5, 5.41) is 5.20. The highest BCUT2D eigenvalue weighted by Gasteiger charge is 2.58. The second kappa shape index (κ2) is 4.21. The molecule has 0 saturated heterocycles. The lowest BCUT2D eigenvalue weighted by molar-refractivity contribution is -0.434. The van der Waals surface area contributed by atoms with Crippen LogP contribution in [0.3, 0.4) is 0 Å². The van der Waals surface area contributed by atoms with Crippen LogP contribution in [0.4, 0.5) is 22.0 Å². The van der Waals surface area contributed by atoms with Gasteiger partial charge in [-0.25, -0.2) is 9.65 Å². The summed E-state index contributed by atoms with van der Waals surface area (Å²) >= 11 is -1.19. The highest BCUT2D eigenvalue weighted by atomic mass is 32.2. The summed E-state index contributed by atoms with van der Waals surface area (Å²) in [4.78, 5) is 0. The van der Waals surface area contributed by atoms with Crippen molar-refractivity contribution in [2.45, 2.75) is 11.2 Å². The summed E-state index contributed by atoms with van der Waals surface area (Å²) in [6.07, 6.45) is 0. The number of hydrogen-bond donors (Lipinski definition) is 1. The van der Waals surface area contributed by atoms with Crippen LogP contribution in [0.25, 0.3) is 0 Å². The molecule has 0 aromatic heterocycles. The van der Waals surface area contributed by atoms with E-state index in [0.29, 0.717) is 0 Å². The molecule has 0 unspecified atom stereocenters. The quantitative estimate of drug-likeness (QED) is 0.329. The highest BCUT2D eigenvalue weighted by Crippen LogP contribution is 2.43. The van der Waals surface area contributed by atoms with Crippen molar-refractivity contribution in [2.75, 3.05) is 6.67 Å². The maximum absolute atomic E-state index is 12.0. The molecular formula is C3H3F5O3S. The molecule has 0 saturated carbocycles. The molecular weight excluding hydrogens is 211 g/mol. The summed E-state index contributed by atoms with van der Waals surface area (Å²) < 4.78 is 62.2. The predicted molar refractivity (Wildman–Crippen MR) is 28.3 cm³/mol. The van der Waals surface area contributed by atoms with Crippen molar-refractivity contribution in [1.29, 1.82) is 0 Å². The monoisotopic (exact) mass is 214 g/mol. The fourth-order valence-electron chi connectivity index (χ4n) is 0.197. The van der Waals surface area contributed by atoms with E-state index in [1.54, 1.807) is 0 Å². The number of rotatable bonds is 5. The minimum absolute atomic E-state index is 1.19. The first-order valence-electron chi connectivity index (χ1n) is 2.35. The minimum Gasteiger partial charge on any atom is -0.244 e. The van der Waals surface area contributed by atoms with Crippen molar-refractivity contribution in [2.24, 2.45) is 0 Å². The van der Waals surface area contributed by atoms with E-state index in [1.165, 1.54) is 0 Å². The molecule has 0 radical (unpaired) electrons. The topological polar surface area (TPSA) is 38.7 Å². The Hall–Kier alpha value is -0.120. The molecule has 74 valence electrons. The van der Waals surface area contributed by atoms with E-state index in [4.69, 9.17) is 5.26 Å². The fourth-order valence-corrected chi connectivity index (χ4v) is 0.489. The van der Waals surface area contributed by atoms with Crippen molar-refractivity contribution in [3.05, 3.63) is 0 Å². The highest BCUT2D eigenvalue weighted by molar-refractivity contribution is 7.95. The van der Waals surface area contributed by atoms with Crippen LogP contribution in [0, 0.1) is 0 Å². The number of alkyl halides is 5. The van der Waals surface area contributed by atoms with Gasteiger partial charge in [0.2, 0.25) is 0 Å². The van der Waals surface area contributed by atoms with E-state index in [-0.39, 0.29) is 0 Å². The molecule has 0 fully saturated rings. The maximum Gasteiger partial charge on any atom is 0.385 e. The predicted octanol–water partition coefficient (Wildman–Crippen LogP) is 2.25. The van der Waals surface area contributed by atoms with Crippen LogP contribution >= 0.6 is 12.0 Å². The molecule has 0 heterocycles. The molecule has 0 aromatic carbocycles. The van der Waals surface area contributed by atoms with Gasteiger partial charge in [0.15, 0.2) is 6.67 Å². The van der Waals surface area contributed by atoms with Gasteiger partial charge in [-0.05, 0) is 0 Å². The van der Waals surface area contributed by atoms with Crippen LogP contribution in [0.15, 0.2) is 0 Å². The van der Waals surface area contributed by atoms with Gasteiger partial charge >= 0.3 is 11.2 Å². The number of hydrogen-bond acceptors (Lipinski definition) is 4. The van der Waals surface area contributed by atoms with E-state index in [9.17, 15) is 22.0 Å². The third-order valence-corrected chi connectivity index (χ3v) is 1.40. The second-order valence-electron chi connectivity index (χ2n) is 1.58. The van der Waals surface area contributed by atoms with Gasteiger partial charge in [-0.3, -0.25) is 0 Å². The van der Waals surface area contributed by atoms with Gasteiger partial charge < -0.3 is 0 Å². The van der Waals surface area contributed by atoms with Crippen LogP contribution in [0.5, 0.6) is 0 Å². The Balaban J connectivity index is 4.17. The lowest BCUT2D eigenvalue weighted by Crippen LogP contribution is -2.39. The maximum atomic E-state index is 12.0.